The molecule has 0 radical (unpaired) electrons. The van der Waals surface area contributed by atoms with E-state index in [9.17, 15) is 8.42 Å². The molecule has 4 nitrogen and oxygen atoms in total. The Morgan fingerprint density at radius 2 is 1.73 bits per heavy atom. The van der Waals surface area contributed by atoms with Crippen LogP contribution in [0.2, 0.25) is 0 Å². The first-order valence-electron chi connectivity index (χ1n) is 5.19. The Hall–Kier alpha value is -0.200. The molecule has 0 bridgehead atoms. The molecular weight excluding hydrogens is 232 g/mol. The molecule has 3 N–H and O–H groups in total. The van der Waals surface area contributed by atoms with Gasteiger partial charge >= 0.3 is 0 Å². The summed E-state index contributed by atoms with van der Waals surface area (Å²) in [7, 11) is -3.41. The summed E-state index contributed by atoms with van der Waals surface area (Å²) < 4.78 is 26.3. The molecule has 0 heterocycles. The summed E-state index contributed by atoms with van der Waals surface area (Å²) in [6, 6.07) is -0.0293. The van der Waals surface area contributed by atoms with Crippen LogP contribution in [0.1, 0.15) is 40.0 Å². The van der Waals surface area contributed by atoms with Gasteiger partial charge in [0, 0.05) is 6.04 Å². The highest BCUT2D eigenvalue weighted by atomic mass is 32.2. The predicted molar refractivity (Wildman–Crippen MR) is 67.3 cm³/mol. The standard InChI is InChI=1S/C9H20N2O2S2/c1-4-7(5-2)11-15(12,13)8(6-3)9(10)14/h7-8,11H,4-6H2,1-3H3,(H2,10,14). The van der Waals surface area contributed by atoms with Crippen molar-refractivity contribution in [3.05, 3.63) is 0 Å². The molecule has 6 heteroatoms. The normalized spacial score (nSPS) is 14.1. The lowest BCUT2D eigenvalue weighted by Gasteiger charge is -2.20. The van der Waals surface area contributed by atoms with Gasteiger partial charge in [0.1, 0.15) is 5.25 Å². The van der Waals surface area contributed by atoms with Crippen molar-refractivity contribution in [1.29, 1.82) is 0 Å². The van der Waals surface area contributed by atoms with Crippen molar-refractivity contribution in [3.8, 4) is 0 Å². The maximum Gasteiger partial charge on any atom is 0.221 e. The predicted octanol–water partition coefficient (Wildman–Crippen LogP) is 1.16. The SMILES string of the molecule is CCC(CC)NS(=O)(=O)C(CC)C(N)=S. The van der Waals surface area contributed by atoms with Crippen molar-refractivity contribution in [2.24, 2.45) is 5.73 Å². The Bertz CT molecular complexity index is 297. The third kappa shape index (κ3) is 4.44. The van der Waals surface area contributed by atoms with E-state index in [1.54, 1.807) is 6.92 Å². The van der Waals surface area contributed by atoms with Crippen LogP contribution in [0.4, 0.5) is 0 Å². The first kappa shape index (κ1) is 14.8. The highest BCUT2D eigenvalue weighted by molar-refractivity contribution is 7.93. The molecule has 0 fully saturated rings. The van der Waals surface area contributed by atoms with Gasteiger partial charge < -0.3 is 5.73 Å². The number of thiocarbonyl (C=S) groups is 1. The van der Waals surface area contributed by atoms with E-state index in [1.165, 1.54) is 0 Å². The Morgan fingerprint density at radius 1 is 1.27 bits per heavy atom. The lowest BCUT2D eigenvalue weighted by molar-refractivity contribution is 0.525. The number of hydrogen-bond donors (Lipinski definition) is 2. The van der Waals surface area contributed by atoms with Crippen LogP contribution in [-0.4, -0.2) is 24.7 Å². The summed E-state index contributed by atoms with van der Waals surface area (Å²) in [5.74, 6) is 0. The first-order chi connectivity index (χ1) is 6.88. The van der Waals surface area contributed by atoms with Crippen LogP contribution in [0.15, 0.2) is 0 Å². The Balaban J connectivity index is 4.73. The molecule has 0 aromatic carbocycles. The number of sulfonamides is 1. The average Bonchev–Trinajstić information content (AvgIpc) is 2.14. The summed E-state index contributed by atoms with van der Waals surface area (Å²) >= 11 is 4.75. The molecule has 0 aliphatic rings. The Morgan fingerprint density at radius 3 is 2.00 bits per heavy atom. The molecular formula is C9H20N2O2S2. The van der Waals surface area contributed by atoms with Crippen LogP contribution >= 0.6 is 12.2 Å². The van der Waals surface area contributed by atoms with Crippen molar-refractivity contribution >= 4 is 27.2 Å². The van der Waals surface area contributed by atoms with Gasteiger partial charge in [-0.3, -0.25) is 0 Å². The smallest absolute Gasteiger partial charge is 0.221 e. The molecule has 0 aromatic rings. The second-order valence-electron chi connectivity index (χ2n) is 3.48. The van der Waals surface area contributed by atoms with Crippen LogP contribution in [0, 0.1) is 0 Å². The number of rotatable bonds is 7. The summed E-state index contributed by atoms with van der Waals surface area (Å²) in [6.45, 7) is 5.65. The first-order valence-corrected chi connectivity index (χ1v) is 7.14. The highest BCUT2D eigenvalue weighted by Gasteiger charge is 2.27. The minimum absolute atomic E-state index is 0.0293. The van der Waals surface area contributed by atoms with E-state index in [0.717, 1.165) is 12.8 Å². The molecule has 15 heavy (non-hydrogen) atoms. The third-order valence-corrected chi connectivity index (χ3v) is 4.81. The average molecular weight is 252 g/mol. The van der Waals surface area contributed by atoms with Gasteiger partial charge in [0.15, 0.2) is 0 Å². The summed E-state index contributed by atoms with van der Waals surface area (Å²) in [4.78, 5) is 0.0379. The molecule has 0 saturated heterocycles. The monoisotopic (exact) mass is 252 g/mol. The fourth-order valence-electron chi connectivity index (χ4n) is 1.34. The molecule has 1 unspecified atom stereocenters. The van der Waals surface area contributed by atoms with Crippen LogP contribution in [0.5, 0.6) is 0 Å². The van der Waals surface area contributed by atoms with Crippen LogP contribution in [-0.2, 0) is 10.0 Å². The maximum absolute atomic E-state index is 11.9. The van der Waals surface area contributed by atoms with Crippen LogP contribution < -0.4 is 10.5 Å². The molecule has 0 rings (SSSR count). The summed E-state index contributed by atoms with van der Waals surface area (Å²) in [5.41, 5.74) is 5.40. The van der Waals surface area contributed by atoms with Gasteiger partial charge in [-0.25, -0.2) is 13.1 Å². The molecule has 90 valence electrons. The van der Waals surface area contributed by atoms with Gasteiger partial charge in [-0.2, -0.15) is 0 Å². The molecule has 0 aliphatic carbocycles. The van der Waals surface area contributed by atoms with Gasteiger partial charge in [0.05, 0.1) is 4.99 Å². The van der Waals surface area contributed by atoms with Crippen molar-refractivity contribution in [1.82, 2.24) is 4.72 Å². The minimum Gasteiger partial charge on any atom is -0.392 e. The zero-order valence-corrected chi connectivity index (χ0v) is 11.1. The number of nitrogens with two attached hydrogens (primary N) is 1. The second kappa shape index (κ2) is 6.40. The minimum atomic E-state index is -3.41. The van der Waals surface area contributed by atoms with Gasteiger partial charge in [-0.1, -0.05) is 33.0 Å². The van der Waals surface area contributed by atoms with Gasteiger partial charge in [-0.15, -0.1) is 0 Å². The fourth-order valence-corrected chi connectivity index (χ4v) is 3.60. The molecule has 1 atom stereocenters. The second-order valence-corrected chi connectivity index (χ2v) is 5.84. The van der Waals surface area contributed by atoms with E-state index in [-0.39, 0.29) is 11.0 Å². The van der Waals surface area contributed by atoms with Gasteiger partial charge in [-0.05, 0) is 19.3 Å². The van der Waals surface area contributed by atoms with Gasteiger partial charge in [0.25, 0.3) is 0 Å². The van der Waals surface area contributed by atoms with Crippen molar-refractivity contribution in [2.45, 2.75) is 51.3 Å². The van der Waals surface area contributed by atoms with E-state index >= 15 is 0 Å². The largest absolute Gasteiger partial charge is 0.392 e. The third-order valence-electron chi connectivity index (χ3n) is 2.38. The van der Waals surface area contributed by atoms with E-state index in [4.69, 9.17) is 18.0 Å². The lowest BCUT2D eigenvalue weighted by atomic mass is 10.2. The number of nitrogens with one attached hydrogen (secondary N) is 1. The molecule has 0 spiro atoms. The lowest BCUT2D eigenvalue weighted by Crippen LogP contribution is -2.45. The molecule has 0 saturated carbocycles. The van der Waals surface area contributed by atoms with Gasteiger partial charge in [0.2, 0.25) is 10.0 Å². The van der Waals surface area contributed by atoms with Crippen LogP contribution in [0.3, 0.4) is 0 Å². The summed E-state index contributed by atoms with van der Waals surface area (Å²) in [6.07, 6.45) is 1.94. The molecule has 0 aromatic heterocycles. The Kier molecular flexibility index (Phi) is 6.31. The van der Waals surface area contributed by atoms with Crippen molar-refractivity contribution in [2.75, 3.05) is 0 Å². The molecule has 0 aliphatic heterocycles. The van der Waals surface area contributed by atoms with E-state index < -0.39 is 15.3 Å². The zero-order chi connectivity index (χ0) is 12.1. The fraction of sp³-hybridized carbons (Fsp3) is 0.889. The van der Waals surface area contributed by atoms with E-state index in [2.05, 4.69) is 4.72 Å². The van der Waals surface area contributed by atoms with Crippen LogP contribution in [0.25, 0.3) is 0 Å². The Labute approximate surface area is 97.7 Å². The van der Waals surface area contributed by atoms with Crippen molar-refractivity contribution < 1.29 is 8.42 Å². The van der Waals surface area contributed by atoms with E-state index in [0.29, 0.717) is 6.42 Å². The quantitative estimate of drug-likeness (QED) is 0.667. The van der Waals surface area contributed by atoms with Crippen molar-refractivity contribution in [3.63, 3.8) is 0 Å². The summed E-state index contributed by atoms with van der Waals surface area (Å²) in [5, 5.41) is -0.756. The topological polar surface area (TPSA) is 72.2 Å². The highest BCUT2D eigenvalue weighted by Crippen LogP contribution is 2.08. The maximum atomic E-state index is 11.9. The zero-order valence-electron chi connectivity index (χ0n) is 9.49. The van der Waals surface area contributed by atoms with E-state index in [1.807, 2.05) is 13.8 Å². The number of hydrogen-bond acceptors (Lipinski definition) is 3. The molecule has 0 amide bonds.